The highest BCUT2D eigenvalue weighted by Gasteiger charge is 2.31. The summed E-state index contributed by atoms with van der Waals surface area (Å²) in [7, 11) is 0. The van der Waals surface area contributed by atoms with Gasteiger partial charge in [0.1, 0.15) is 6.61 Å². The van der Waals surface area contributed by atoms with Gasteiger partial charge in [-0.25, -0.2) is 4.98 Å². The fourth-order valence-corrected chi connectivity index (χ4v) is 4.52. The quantitative estimate of drug-likeness (QED) is 0.0929. The normalized spacial score (nSPS) is 11.6. The minimum absolute atomic E-state index is 0.0410. The van der Waals surface area contributed by atoms with E-state index in [-0.39, 0.29) is 58.3 Å². The van der Waals surface area contributed by atoms with E-state index in [0.717, 1.165) is 29.1 Å². The summed E-state index contributed by atoms with van der Waals surface area (Å²) >= 11 is 0. The molecule has 0 amide bonds. The van der Waals surface area contributed by atoms with Gasteiger partial charge in [-0.1, -0.05) is 36.4 Å². The van der Waals surface area contributed by atoms with Gasteiger partial charge in [-0.05, 0) is 42.8 Å². The Bertz CT molecular complexity index is 2060. The molecule has 0 spiro atoms. The maximum Gasteiger partial charge on any atom is 0.416 e. The van der Waals surface area contributed by atoms with E-state index in [0.29, 0.717) is 5.56 Å². The molecule has 0 radical (unpaired) electrons. The third kappa shape index (κ3) is 6.67. The van der Waals surface area contributed by atoms with Crippen molar-refractivity contribution >= 4 is 28.5 Å². The number of para-hydroxylation sites is 1. The van der Waals surface area contributed by atoms with Crippen LogP contribution in [0.3, 0.4) is 0 Å². The number of non-ortho nitro benzene ring substituents is 1. The number of nitrogens with zero attached hydrogens (tertiary/aromatic N) is 5. The van der Waals surface area contributed by atoms with E-state index in [4.69, 9.17) is 9.47 Å². The van der Waals surface area contributed by atoms with Gasteiger partial charge in [0.15, 0.2) is 11.6 Å². The molecule has 1 aromatic heterocycles. The van der Waals surface area contributed by atoms with Gasteiger partial charge in [-0.15, -0.1) is 0 Å². The molecule has 5 rings (SSSR count). The molecule has 12 nitrogen and oxygen atoms in total. The lowest BCUT2D eigenvalue weighted by atomic mass is 10.1. The zero-order chi connectivity index (χ0) is 33.0. The summed E-state index contributed by atoms with van der Waals surface area (Å²) in [6.07, 6.45) is -3.55. The number of hydrogen-bond donors (Lipinski definition) is 0. The molecule has 0 bridgehead atoms. The van der Waals surface area contributed by atoms with Crippen LogP contribution >= 0.6 is 0 Å². The predicted molar refractivity (Wildman–Crippen MR) is 161 cm³/mol. The van der Waals surface area contributed by atoms with Crippen LogP contribution in [0.25, 0.3) is 22.3 Å². The van der Waals surface area contributed by atoms with Crippen molar-refractivity contribution in [1.29, 1.82) is 0 Å². The van der Waals surface area contributed by atoms with Gasteiger partial charge in [0.25, 0.3) is 11.2 Å². The van der Waals surface area contributed by atoms with Crippen LogP contribution in [-0.2, 0) is 12.8 Å². The number of alkyl halides is 3. The Balaban J connectivity index is 1.59. The summed E-state index contributed by atoms with van der Waals surface area (Å²) in [5.74, 6) is -0.488. The number of hydrogen-bond acceptors (Lipinski definition) is 9. The van der Waals surface area contributed by atoms with Crippen molar-refractivity contribution in [3.8, 4) is 22.9 Å². The second kappa shape index (κ2) is 12.9. The van der Waals surface area contributed by atoms with Gasteiger partial charge in [-0.3, -0.25) is 25.0 Å². The highest BCUT2D eigenvalue weighted by Crippen LogP contribution is 2.39. The lowest BCUT2D eigenvalue weighted by Gasteiger charge is -2.14. The second-order valence-corrected chi connectivity index (χ2v) is 9.67. The summed E-state index contributed by atoms with van der Waals surface area (Å²) in [4.78, 5) is 39.8. The maximum absolute atomic E-state index is 13.5. The Morgan fingerprint density at radius 3 is 2.41 bits per heavy atom. The largest absolute Gasteiger partial charge is 0.490 e. The third-order valence-electron chi connectivity index (χ3n) is 6.58. The molecule has 0 aliphatic rings. The highest BCUT2D eigenvalue weighted by molar-refractivity contribution is 5.84. The fourth-order valence-electron chi connectivity index (χ4n) is 4.52. The first-order valence-electron chi connectivity index (χ1n) is 13.5. The van der Waals surface area contributed by atoms with E-state index < -0.39 is 32.8 Å². The summed E-state index contributed by atoms with van der Waals surface area (Å²) < 4.78 is 52.6. The Labute approximate surface area is 257 Å². The summed E-state index contributed by atoms with van der Waals surface area (Å²) in [6, 6.07) is 18.5. The second-order valence-electron chi connectivity index (χ2n) is 9.67. The van der Waals surface area contributed by atoms with Crippen molar-refractivity contribution in [3.63, 3.8) is 0 Å². The molecule has 1 heterocycles. The monoisotopic (exact) mass is 633 g/mol. The topological polar surface area (TPSA) is 152 Å². The van der Waals surface area contributed by atoms with Crippen molar-refractivity contribution in [2.24, 2.45) is 5.10 Å². The van der Waals surface area contributed by atoms with Gasteiger partial charge in [0.2, 0.25) is 5.75 Å². The first kappa shape index (κ1) is 31.3. The average Bonchev–Trinajstić information content (AvgIpc) is 3.03. The number of ether oxygens (including phenoxy) is 2. The predicted octanol–water partition coefficient (Wildman–Crippen LogP) is 6.76. The number of aromatic nitrogens is 2. The van der Waals surface area contributed by atoms with Crippen LogP contribution in [0.4, 0.5) is 24.5 Å². The lowest BCUT2D eigenvalue weighted by Crippen LogP contribution is -2.20. The summed E-state index contributed by atoms with van der Waals surface area (Å²) in [5, 5.41) is 27.6. The number of halogens is 3. The molecule has 15 heteroatoms. The van der Waals surface area contributed by atoms with Crippen molar-refractivity contribution in [1.82, 2.24) is 9.66 Å². The zero-order valence-electron chi connectivity index (χ0n) is 23.8. The molecule has 0 atom stereocenters. The number of nitro benzene ring substituents is 2. The number of nitro groups is 2. The van der Waals surface area contributed by atoms with Crippen LogP contribution in [0.15, 0.2) is 94.8 Å². The zero-order valence-corrected chi connectivity index (χ0v) is 23.8. The van der Waals surface area contributed by atoms with Gasteiger partial charge >= 0.3 is 11.9 Å². The van der Waals surface area contributed by atoms with Crippen LogP contribution in [0, 0.1) is 20.2 Å². The number of benzene rings is 4. The molecule has 5 aromatic rings. The van der Waals surface area contributed by atoms with Crippen LogP contribution in [0.2, 0.25) is 0 Å². The smallest absolute Gasteiger partial charge is 0.416 e. The third-order valence-corrected chi connectivity index (χ3v) is 6.58. The summed E-state index contributed by atoms with van der Waals surface area (Å²) in [5.41, 5.74) is -1.71. The highest BCUT2D eigenvalue weighted by atomic mass is 19.4. The molecular weight excluding hydrogens is 611 g/mol. The van der Waals surface area contributed by atoms with Crippen LogP contribution < -0.4 is 15.0 Å². The van der Waals surface area contributed by atoms with Gasteiger partial charge in [-0.2, -0.15) is 22.9 Å². The molecule has 0 unspecified atom stereocenters. The Hall–Kier alpha value is -6.12. The van der Waals surface area contributed by atoms with Crippen molar-refractivity contribution < 1.29 is 32.5 Å². The Kier molecular flexibility index (Phi) is 8.75. The number of rotatable bonds is 10. The van der Waals surface area contributed by atoms with Crippen molar-refractivity contribution in [3.05, 3.63) is 132 Å². The molecule has 0 saturated carbocycles. The van der Waals surface area contributed by atoms with Gasteiger partial charge in [0, 0.05) is 29.3 Å². The molecular formula is C31H22F3N5O7. The van der Waals surface area contributed by atoms with E-state index in [1.807, 2.05) is 0 Å². The van der Waals surface area contributed by atoms with Crippen molar-refractivity contribution in [2.75, 3.05) is 6.61 Å². The van der Waals surface area contributed by atoms with Crippen molar-refractivity contribution in [2.45, 2.75) is 19.7 Å². The standard InChI is InChI=1S/C31H22F3N5O7/c1-2-45-27-15-20(14-26(39(43)44)28(27)46-18-19-7-5-10-23(13-19)38(41)42)17-35-37-29(21-8-6-9-22(16-21)31(32,33)34)36-25-12-4-3-11-24(25)30(37)40/h3-17H,2,18H2,1H3. The van der Waals surface area contributed by atoms with E-state index in [2.05, 4.69) is 10.1 Å². The first-order chi connectivity index (χ1) is 22.0. The SMILES string of the molecule is CCOc1cc(C=Nn2c(-c3cccc(C(F)(F)F)c3)nc3ccccc3c2=O)cc([N+](=O)[O-])c1OCc1cccc([N+](=O)[O-])c1. The lowest BCUT2D eigenvalue weighted by molar-refractivity contribution is -0.386. The number of fused-ring (bicyclic) bond motifs is 1. The molecule has 0 fully saturated rings. The Morgan fingerprint density at radius 2 is 1.70 bits per heavy atom. The van der Waals surface area contributed by atoms with Crippen LogP contribution in [0.1, 0.15) is 23.6 Å². The van der Waals surface area contributed by atoms with E-state index in [9.17, 15) is 38.2 Å². The van der Waals surface area contributed by atoms with E-state index in [1.54, 1.807) is 25.1 Å². The van der Waals surface area contributed by atoms with Gasteiger partial charge in [0.05, 0.1) is 39.1 Å². The fraction of sp³-hybridized carbons (Fsp3) is 0.129. The minimum atomic E-state index is -4.66. The Morgan fingerprint density at radius 1 is 0.935 bits per heavy atom. The molecule has 0 N–H and O–H groups in total. The molecule has 234 valence electrons. The maximum atomic E-state index is 13.5. The molecule has 4 aromatic carbocycles. The van der Waals surface area contributed by atoms with Gasteiger partial charge < -0.3 is 9.47 Å². The molecule has 46 heavy (non-hydrogen) atoms. The molecule has 0 saturated heterocycles. The molecule has 0 aliphatic heterocycles. The minimum Gasteiger partial charge on any atom is -0.490 e. The molecule has 0 aliphatic carbocycles. The van der Waals surface area contributed by atoms with E-state index >= 15 is 0 Å². The van der Waals surface area contributed by atoms with E-state index in [1.165, 1.54) is 48.5 Å². The van der Waals surface area contributed by atoms with Crippen LogP contribution in [0.5, 0.6) is 11.5 Å². The summed E-state index contributed by atoms with van der Waals surface area (Å²) in [6.45, 7) is 1.46. The average molecular weight is 634 g/mol. The van der Waals surface area contributed by atoms with Crippen LogP contribution in [-0.4, -0.2) is 32.3 Å². The first-order valence-corrected chi connectivity index (χ1v) is 13.5.